The van der Waals surface area contributed by atoms with Crippen molar-refractivity contribution in [2.45, 2.75) is 6.54 Å². The van der Waals surface area contributed by atoms with Gasteiger partial charge in [0.15, 0.2) is 0 Å². The fraction of sp³-hybridized carbons (Fsp3) is 0.0909. The van der Waals surface area contributed by atoms with Crippen molar-refractivity contribution in [1.29, 1.82) is 0 Å². The highest BCUT2D eigenvalue weighted by molar-refractivity contribution is 9.10. The van der Waals surface area contributed by atoms with Crippen molar-refractivity contribution in [3.63, 3.8) is 0 Å². The molecule has 8 heteroatoms. The molecule has 0 aliphatic carbocycles. The molecule has 0 unspecified atom stereocenters. The topological polar surface area (TPSA) is 78.8 Å². The van der Waals surface area contributed by atoms with E-state index in [1.54, 1.807) is 30.5 Å². The van der Waals surface area contributed by atoms with Gasteiger partial charge in [0.05, 0.1) is 24.7 Å². The standard InChI is InChI=1S/C22H20BrN3O3S/c1-30(28,29)26(16-17-6-3-2-4-7-17)21-12-10-19(11-13-21)22(27)25-24-15-18-8-5-9-20(23)14-18/h2-15H,16H2,1H3,(H,25,27)/b24-15-. The summed E-state index contributed by atoms with van der Waals surface area (Å²) < 4.78 is 26.8. The van der Waals surface area contributed by atoms with Crippen molar-refractivity contribution in [2.75, 3.05) is 10.6 Å². The first-order chi connectivity index (χ1) is 14.3. The van der Waals surface area contributed by atoms with Crippen LogP contribution in [0.1, 0.15) is 21.5 Å². The van der Waals surface area contributed by atoms with E-state index >= 15 is 0 Å². The van der Waals surface area contributed by atoms with E-state index in [4.69, 9.17) is 0 Å². The molecule has 3 aromatic carbocycles. The van der Waals surface area contributed by atoms with E-state index in [-0.39, 0.29) is 12.5 Å². The number of amides is 1. The van der Waals surface area contributed by atoms with E-state index in [2.05, 4.69) is 26.5 Å². The maximum absolute atomic E-state index is 12.3. The maximum atomic E-state index is 12.3. The molecule has 0 saturated heterocycles. The largest absolute Gasteiger partial charge is 0.271 e. The molecule has 1 amide bonds. The molecule has 0 atom stereocenters. The molecule has 0 aliphatic rings. The molecule has 154 valence electrons. The molecule has 0 fully saturated rings. The molecule has 0 bridgehead atoms. The van der Waals surface area contributed by atoms with Crippen LogP contribution in [0, 0.1) is 0 Å². The molecular weight excluding hydrogens is 466 g/mol. The van der Waals surface area contributed by atoms with Gasteiger partial charge in [-0.15, -0.1) is 0 Å². The summed E-state index contributed by atoms with van der Waals surface area (Å²) in [6, 6.07) is 23.2. The fourth-order valence-electron chi connectivity index (χ4n) is 2.75. The molecule has 0 radical (unpaired) electrons. The number of carbonyl (C=O) groups is 1. The first-order valence-corrected chi connectivity index (χ1v) is 11.7. The highest BCUT2D eigenvalue weighted by atomic mass is 79.9. The number of rotatable bonds is 7. The van der Waals surface area contributed by atoms with Crippen LogP contribution in [0.4, 0.5) is 5.69 Å². The lowest BCUT2D eigenvalue weighted by Gasteiger charge is -2.22. The number of hydrogen-bond acceptors (Lipinski definition) is 4. The van der Waals surface area contributed by atoms with Gasteiger partial charge in [-0.1, -0.05) is 58.4 Å². The average molecular weight is 486 g/mol. The summed E-state index contributed by atoms with van der Waals surface area (Å²) in [5.74, 6) is -0.387. The Balaban J connectivity index is 1.71. The Hall–Kier alpha value is -2.97. The van der Waals surface area contributed by atoms with E-state index < -0.39 is 10.0 Å². The summed E-state index contributed by atoms with van der Waals surface area (Å²) in [5, 5.41) is 3.96. The normalized spacial score (nSPS) is 11.4. The van der Waals surface area contributed by atoms with E-state index in [9.17, 15) is 13.2 Å². The molecule has 0 aliphatic heterocycles. The zero-order valence-corrected chi connectivity index (χ0v) is 18.6. The van der Waals surface area contributed by atoms with Gasteiger partial charge < -0.3 is 0 Å². The van der Waals surface area contributed by atoms with Crippen molar-refractivity contribution < 1.29 is 13.2 Å². The number of anilines is 1. The van der Waals surface area contributed by atoms with Gasteiger partial charge in [-0.3, -0.25) is 9.10 Å². The number of halogens is 1. The van der Waals surface area contributed by atoms with E-state index in [1.165, 1.54) is 4.31 Å². The third-order valence-electron chi connectivity index (χ3n) is 4.22. The Bertz CT molecular complexity index is 1150. The zero-order valence-electron chi connectivity index (χ0n) is 16.2. The summed E-state index contributed by atoms with van der Waals surface area (Å²) in [4.78, 5) is 12.3. The zero-order chi connectivity index (χ0) is 21.6. The van der Waals surface area contributed by atoms with Gasteiger partial charge >= 0.3 is 0 Å². The Morgan fingerprint density at radius 1 is 1.03 bits per heavy atom. The van der Waals surface area contributed by atoms with Crippen LogP contribution in [0.15, 0.2) is 88.4 Å². The van der Waals surface area contributed by atoms with E-state index in [1.807, 2.05) is 54.6 Å². The van der Waals surface area contributed by atoms with Crippen molar-refractivity contribution in [1.82, 2.24) is 5.43 Å². The lowest BCUT2D eigenvalue weighted by molar-refractivity contribution is 0.0955. The van der Waals surface area contributed by atoms with Crippen LogP contribution < -0.4 is 9.73 Å². The summed E-state index contributed by atoms with van der Waals surface area (Å²) in [7, 11) is -3.49. The second-order valence-corrected chi connectivity index (χ2v) is 9.38. The minimum atomic E-state index is -3.49. The molecule has 0 heterocycles. The number of nitrogens with one attached hydrogen (secondary N) is 1. The van der Waals surface area contributed by atoms with Crippen molar-refractivity contribution >= 4 is 43.8 Å². The third-order valence-corrected chi connectivity index (χ3v) is 5.85. The second-order valence-electron chi connectivity index (χ2n) is 6.56. The van der Waals surface area contributed by atoms with Gasteiger partial charge in [0.1, 0.15) is 0 Å². The predicted molar refractivity (Wildman–Crippen MR) is 123 cm³/mol. The number of nitrogens with zero attached hydrogens (tertiary/aromatic N) is 2. The average Bonchev–Trinajstić information content (AvgIpc) is 2.72. The summed E-state index contributed by atoms with van der Waals surface area (Å²) in [6.07, 6.45) is 2.70. The SMILES string of the molecule is CS(=O)(=O)N(Cc1ccccc1)c1ccc(C(=O)N/N=C\c2cccc(Br)c2)cc1. The molecule has 0 spiro atoms. The number of benzene rings is 3. The van der Waals surface area contributed by atoms with Crippen LogP contribution in [0.2, 0.25) is 0 Å². The van der Waals surface area contributed by atoms with E-state index in [0.717, 1.165) is 21.9 Å². The highest BCUT2D eigenvalue weighted by Crippen LogP contribution is 2.21. The molecule has 3 rings (SSSR count). The number of carbonyl (C=O) groups excluding carboxylic acids is 1. The monoisotopic (exact) mass is 485 g/mol. The van der Waals surface area contributed by atoms with Crippen LogP contribution in [0.5, 0.6) is 0 Å². The van der Waals surface area contributed by atoms with Crippen LogP contribution in [-0.4, -0.2) is 26.8 Å². The first-order valence-electron chi connectivity index (χ1n) is 9.03. The Kier molecular flexibility index (Phi) is 7.02. The first kappa shape index (κ1) is 21.7. The molecule has 0 saturated carbocycles. The van der Waals surface area contributed by atoms with Gasteiger partial charge in [0.2, 0.25) is 10.0 Å². The summed E-state index contributed by atoms with van der Waals surface area (Å²) >= 11 is 3.38. The van der Waals surface area contributed by atoms with Crippen molar-refractivity contribution in [3.8, 4) is 0 Å². The second kappa shape index (κ2) is 9.69. The molecule has 30 heavy (non-hydrogen) atoms. The lowest BCUT2D eigenvalue weighted by atomic mass is 10.2. The third kappa shape index (κ3) is 6.01. The summed E-state index contributed by atoms with van der Waals surface area (Å²) in [5.41, 5.74) is 5.03. The number of sulfonamides is 1. The lowest BCUT2D eigenvalue weighted by Crippen LogP contribution is -2.29. The van der Waals surface area contributed by atoms with Crippen LogP contribution >= 0.6 is 15.9 Å². The van der Waals surface area contributed by atoms with Crippen molar-refractivity contribution in [3.05, 3.63) is 100 Å². The van der Waals surface area contributed by atoms with Gasteiger partial charge in [0.25, 0.3) is 5.91 Å². The Labute approximate surface area is 184 Å². The highest BCUT2D eigenvalue weighted by Gasteiger charge is 2.18. The molecule has 1 N–H and O–H groups in total. The molecular formula is C22H20BrN3O3S. The Morgan fingerprint density at radius 3 is 2.37 bits per heavy atom. The van der Waals surface area contributed by atoms with Gasteiger partial charge in [-0.25, -0.2) is 13.8 Å². The van der Waals surface area contributed by atoms with Gasteiger partial charge in [-0.05, 0) is 47.5 Å². The minimum absolute atomic E-state index is 0.210. The Morgan fingerprint density at radius 2 is 1.73 bits per heavy atom. The molecule has 6 nitrogen and oxygen atoms in total. The van der Waals surface area contributed by atoms with Crippen molar-refractivity contribution in [2.24, 2.45) is 5.10 Å². The minimum Gasteiger partial charge on any atom is -0.267 e. The van der Waals surface area contributed by atoms with E-state index in [0.29, 0.717) is 11.3 Å². The van der Waals surface area contributed by atoms with Crippen LogP contribution in [0.25, 0.3) is 0 Å². The van der Waals surface area contributed by atoms with Gasteiger partial charge in [0, 0.05) is 10.0 Å². The smallest absolute Gasteiger partial charge is 0.267 e. The molecule has 0 aromatic heterocycles. The maximum Gasteiger partial charge on any atom is 0.271 e. The number of hydrazone groups is 1. The fourth-order valence-corrected chi connectivity index (χ4v) is 4.05. The quantitative estimate of drug-likeness (QED) is 0.402. The van der Waals surface area contributed by atoms with Crippen LogP contribution in [-0.2, 0) is 16.6 Å². The van der Waals surface area contributed by atoms with Gasteiger partial charge in [-0.2, -0.15) is 5.10 Å². The predicted octanol–water partition coefficient (Wildman–Crippen LogP) is 4.18. The molecule has 3 aromatic rings. The summed E-state index contributed by atoms with van der Waals surface area (Å²) in [6.45, 7) is 0.210. The number of hydrogen-bond donors (Lipinski definition) is 1. The van der Waals surface area contributed by atoms with Crippen LogP contribution in [0.3, 0.4) is 0 Å².